The van der Waals surface area contributed by atoms with E-state index in [1.165, 1.54) is 24.3 Å². The molecule has 1 N–H and O–H groups in total. The number of aromatic nitrogens is 1. The zero-order valence-corrected chi connectivity index (χ0v) is 13.7. The summed E-state index contributed by atoms with van der Waals surface area (Å²) in [5.41, 5.74) is -0.935. The van der Waals surface area contributed by atoms with E-state index in [1.54, 1.807) is 0 Å². The Hall–Kier alpha value is -2.88. The van der Waals surface area contributed by atoms with E-state index in [4.69, 9.17) is 16.3 Å². The second-order valence-corrected chi connectivity index (χ2v) is 5.32. The first-order valence-electron chi connectivity index (χ1n) is 7.06. The first-order valence-corrected chi connectivity index (χ1v) is 7.44. The fourth-order valence-corrected chi connectivity index (χ4v) is 2.06. The molecule has 138 valence electrons. The molecule has 0 aliphatic heterocycles. The smallest absolute Gasteiger partial charge is 0.417 e. The number of rotatable bonds is 6. The second-order valence-electron chi connectivity index (χ2n) is 4.92. The monoisotopic (exact) mass is 389 g/mol. The number of ether oxygens (including phenoxy) is 1. The molecule has 1 aromatic carbocycles. The van der Waals surface area contributed by atoms with E-state index in [0.717, 1.165) is 0 Å². The maximum absolute atomic E-state index is 12.5. The molecule has 26 heavy (non-hydrogen) atoms. The quantitative estimate of drug-likeness (QED) is 0.464. The number of non-ortho nitro benzene ring substituents is 1. The molecule has 0 aliphatic rings. The molecule has 0 saturated carbocycles. The number of nitro groups is 1. The van der Waals surface area contributed by atoms with Crippen molar-refractivity contribution in [2.45, 2.75) is 6.18 Å². The van der Waals surface area contributed by atoms with Gasteiger partial charge in [0.25, 0.3) is 11.6 Å². The standard InChI is InChI=1S/C15H11ClF3N3O4/c16-12-7-10(15(17,18)19)8-21-14(12)26-6-5-20-13(23)9-1-3-11(4-2-9)22(24)25/h1-4,7-8H,5-6H2,(H,20,23). The number of alkyl halides is 3. The highest BCUT2D eigenvalue weighted by Gasteiger charge is 2.31. The van der Waals surface area contributed by atoms with Gasteiger partial charge in [0.05, 0.1) is 17.0 Å². The normalized spacial score (nSPS) is 11.1. The first-order chi connectivity index (χ1) is 12.2. The largest absolute Gasteiger partial charge is 0.475 e. The summed E-state index contributed by atoms with van der Waals surface area (Å²) in [6.45, 7) is -0.0638. The van der Waals surface area contributed by atoms with Crippen LogP contribution in [0.1, 0.15) is 15.9 Å². The molecule has 1 amide bonds. The van der Waals surface area contributed by atoms with Gasteiger partial charge in [-0.2, -0.15) is 13.2 Å². The summed E-state index contributed by atoms with van der Waals surface area (Å²) >= 11 is 5.68. The minimum Gasteiger partial charge on any atom is -0.475 e. The van der Waals surface area contributed by atoms with Crippen molar-refractivity contribution in [3.63, 3.8) is 0 Å². The van der Waals surface area contributed by atoms with Gasteiger partial charge in [0.2, 0.25) is 5.88 Å². The summed E-state index contributed by atoms with van der Waals surface area (Å²) in [5, 5.41) is 12.7. The van der Waals surface area contributed by atoms with Crippen LogP contribution in [0.4, 0.5) is 18.9 Å². The molecular formula is C15H11ClF3N3O4. The fraction of sp³-hybridized carbons (Fsp3) is 0.200. The van der Waals surface area contributed by atoms with Crippen LogP contribution in [0.15, 0.2) is 36.5 Å². The molecule has 1 aromatic heterocycles. The Morgan fingerprint density at radius 3 is 2.50 bits per heavy atom. The van der Waals surface area contributed by atoms with Crippen molar-refractivity contribution in [1.82, 2.24) is 10.3 Å². The predicted molar refractivity (Wildman–Crippen MR) is 85.2 cm³/mol. The van der Waals surface area contributed by atoms with E-state index in [9.17, 15) is 28.1 Å². The Labute approximate surface area is 149 Å². The van der Waals surface area contributed by atoms with Crippen molar-refractivity contribution in [2.24, 2.45) is 0 Å². The minimum absolute atomic E-state index is 0.0227. The van der Waals surface area contributed by atoms with Gasteiger partial charge in [0, 0.05) is 23.9 Å². The molecule has 11 heteroatoms. The van der Waals surface area contributed by atoms with Gasteiger partial charge in [-0.15, -0.1) is 0 Å². The van der Waals surface area contributed by atoms with Crippen LogP contribution in [0.2, 0.25) is 5.02 Å². The number of hydrogen-bond donors (Lipinski definition) is 1. The topological polar surface area (TPSA) is 94.4 Å². The predicted octanol–water partition coefficient (Wildman–Crippen LogP) is 3.47. The van der Waals surface area contributed by atoms with E-state index in [-0.39, 0.29) is 35.3 Å². The third kappa shape index (κ3) is 5.06. The lowest BCUT2D eigenvalue weighted by Crippen LogP contribution is -2.28. The summed E-state index contributed by atoms with van der Waals surface area (Å²) < 4.78 is 42.6. The summed E-state index contributed by atoms with van der Waals surface area (Å²) in [5.74, 6) is -0.681. The molecule has 0 aliphatic carbocycles. The number of hydrogen-bond acceptors (Lipinski definition) is 5. The Morgan fingerprint density at radius 2 is 1.96 bits per heavy atom. The highest BCUT2D eigenvalue weighted by atomic mass is 35.5. The van der Waals surface area contributed by atoms with Gasteiger partial charge in [-0.1, -0.05) is 11.6 Å². The maximum Gasteiger partial charge on any atom is 0.417 e. The van der Waals surface area contributed by atoms with Crippen molar-refractivity contribution in [1.29, 1.82) is 0 Å². The molecule has 0 unspecified atom stereocenters. The zero-order valence-electron chi connectivity index (χ0n) is 12.9. The molecule has 0 atom stereocenters. The summed E-state index contributed by atoms with van der Waals surface area (Å²) in [6.07, 6.45) is -3.97. The Bertz CT molecular complexity index is 813. The Kier molecular flexibility index (Phi) is 5.98. The van der Waals surface area contributed by atoms with Gasteiger partial charge in [0.1, 0.15) is 11.6 Å². The summed E-state index contributed by atoms with van der Waals surface area (Å²) in [4.78, 5) is 25.3. The third-order valence-electron chi connectivity index (χ3n) is 3.10. The van der Waals surface area contributed by atoms with E-state index < -0.39 is 22.6 Å². The van der Waals surface area contributed by atoms with E-state index >= 15 is 0 Å². The molecule has 0 saturated heterocycles. The van der Waals surface area contributed by atoms with Crippen LogP contribution in [-0.2, 0) is 6.18 Å². The number of carbonyl (C=O) groups excluding carboxylic acids is 1. The van der Waals surface area contributed by atoms with Crippen LogP contribution < -0.4 is 10.1 Å². The highest BCUT2D eigenvalue weighted by molar-refractivity contribution is 6.31. The van der Waals surface area contributed by atoms with Crippen LogP contribution in [-0.4, -0.2) is 29.0 Å². The van der Waals surface area contributed by atoms with Crippen LogP contribution in [0, 0.1) is 10.1 Å². The molecule has 0 spiro atoms. The molecule has 7 nitrogen and oxygen atoms in total. The molecule has 1 heterocycles. The van der Waals surface area contributed by atoms with Crippen molar-refractivity contribution in [2.75, 3.05) is 13.2 Å². The van der Waals surface area contributed by atoms with Gasteiger partial charge in [-0.05, 0) is 18.2 Å². The number of nitrogens with one attached hydrogen (secondary N) is 1. The number of nitrogens with zero attached hydrogens (tertiary/aromatic N) is 2. The van der Waals surface area contributed by atoms with Crippen molar-refractivity contribution >= 4 is 23.2 Å². The average Bonchev–Trinajstić information content (AvgIpc) is 2.58. The number of nitro benzene ring substituents is 1. The number of carbonyl (C=O) groups is 1. The number of pyridine rings is 1. The number of benzene rings is 1. The van der Waals surface area contributed by atoms with Gasteiger partial charge in [-0.3, -0.25) is 14.9 Å². The molecule has 0 bridgehead atoms. The van der Waals surface area contributed by atoms with Crippen LogP contribution >= 0.6 is 11.6 Å². The van der Waals surface area contributed by atoms with Crippen molar-refractivity contribution in [3.05, 3.63) is 62.8 Å². The Balaban J connectivity index is 1.85. The van der Waals surface area contributed by atoms with Gasteiger partial charge >= 0.3 is 6.18 Å². The third-order valence-corrected chi connectivity index (χ3v) is 3.37. The lowest BCUT2D eigenvalue weighted by Gasteiger charge is -2.10. The van der Waals surface area contributed by atoms with Crippen LogP contribution in [0.3, 0.4) is 0 Å². The average molecular weight is 390 g/mol. The van der Waals surface area contributed by atoms with Crippen LogP contribution in [0.25, 0.3) is 0 Å². The van der Waals surface area contributed by atoms with Crippen LogP contribution in [0.5, 0.6) is 5.88 Å². The van der Waals surface area contributed by atoms with E-state index in [0.29, 0.717) is 12.3 Å². The number of halogens is 4. The first kappa shape index (κ1) is 19.4. The molecule has 0 fully saturated rings. The molecule has 2 rings (SSSR count). The molecule has 2 aromatic rings. The van der Waals surface area contributed by atoms with Gasteiger partial charge in [0.15, 0.2) is 0 Å². The lowest BCUT2D eigenvalue weighted by atomic mass is 10.2. The lowest BCUT2D eigenvalue weighted by molar-refractivity contribution is -0.384. The van der Waals surface area contributed by atoms with Gasteiger partial charge in [-0.25, -0.2) is 4.98 Å². The van der Waals surface area contributed by atoms with E-state index in [1.807, 2.05) is 0 Å². The summed E-state index contributed by atoms with van der Waals surface area (Å²) in [6, 6.07) is 5.67. The minimum atomic E-state index is -4.56. The van der Waals surface area contributed by atoms with Crippen molar-refractivity contribution < 1.29 is 27.6 Å². The fourth-order valence-electron chi connectivity index (χ4n) is 1.84. The Morgan fingerprint density at radius 1 is 1.31 bits per heavy atom. The highest BCUT2D eigenvalue weighted by Crippen LogP contribution is 2.32. The SMILES string of the molecule is O=C(NCCOc1ncc(C(F)(F)F)cc1Cl)c1ccc([N+](=O)[O-])cc1. The second kappa shape index (κ2) is 8.00. The van der Waals surface area contributed by atoms with Crippen molar-refractivity contribution in [3.8, 4) is 5.88 Å². The zero-order chi connectivity index (χ0) is 19.3. The molecular weight excluding hydrogens is 379 g/mol. The van der Waals surface area contributed by atoms with E-state index in [2.05, 4.69) is 10.3 Å². The van der Waals surface area contributed by atoms with Gasteiger partial charge < -0.3 is 10.1 Å². The maximum atomic E-state index is 12.5. The number of amides is 1. The summed E-state index contributed by atoms with van der Waals surface area (Å²) in [7, 11) is 0. The molecule has 0 radical (unpaired) electrons.